The molecule has 30 heavy (non-hydrogen) atoms. The maximum Gasteiger partial charge on any atom is 0.321 e. The highest BCUT2D eigenvalue weighted by Crippen LogP contribution is 2.11. The molecule has 172 valence electrons. The van der Waals surface area contributed by atoms with Gasteiger partial charge in [0.1, 0.15) is 6.04 Å². The van der Waals surface area contributed by atoms with Crippen LogP contribution in [0.2, 0.25) is 0 Å². The molecule has 0 fully saturated rings. The average Bonchev–Trinajstić information content (AvgIpc) is 2.73. The minimum absolute atomic E-state index is 0.128. The fraction of sp³-hybridized carbons (Fsp3) is 0.667. The number of rotatable bonds is 17. The Kier molecular flexibility index (Phi) is 19.0. The molecule has 1 aromatic carbocycles. The zero-order chi connectivity index (χ0) is 22.5. The fourth-order valence-corrected chi connectivity index (χ4v) is 3.02. The summed E-state index contributed by atoms with van der Waals surface area (Å²) in [5.41, 5.74) is 0.916. The Labute approximate surface area is 181 Å². The molecule has 1 atom stereocenters. The summed E-state index contributed by atoms with van der Waals surface area (Å²) < 4.78 is 11.7. The molecule has 0 aliphatic carbocycles. The number of hydrogen-bond donors (Lipinski definition) is 3. The molecule has 0 spiro atoms. The van der Waals surface area contributed by atoms with Crippen molar-refractivity contribution >= 4 is 11.9 Å². The van der Waals surface area contributed by atoms with E-state index in [2.05, 4.69) is 12.2 Å². The first-order valence-corrected chi connectivity index (χ1v) is 11.3. The number of hydrogen-bond acceptors (Lipinski definition) is 3. The third-order valence-corrected chi connectivity index (χ3v) is 4.81. The van der Waals surface area contributed by atoms with Gasteiger partial charge in [-0.15, -0.1) is 0 Å². The molecule has 0 saturated carbocycles. The van der Waals surface area contributed by atoms with Crippen LogP contribution >= 0.6 is 0 Å². The average molecular weight is 426 g/mol. The van der Waals surface area contributed by atoms with Gasteiger partial charge in [-0.2, -0.15) is 0 Å². The molecular weight excluding hydrogens is 385 g/mol. The number of halogens is 1. The largest absolute Gasteiger partial charge is 0.481 e. The second-order valence-corrected chi connectivity index (χ2v) is 7.58. The zero-order valence-corrected chi connectivity index (χ0v) is 18.5. The van der Waals surface area contributed by atoms with E-state index < -0.39 is 24.4 Å². The van der Waals surface area contributed by atoms with Crippen molar-refractivity contribution in [1.29, 1.82) is 0 Å². The monoisotopic (exact) mass is 425 g/mol. The zero-order valence-electron chi connectivity index (χ0n) is 18.5. The molecule has 5 nitrogen and oxygen atoms in total. The van der Waals surface area contributed by atoms with Gasteiger partial charge in [0.25, 0.3) is 0 Å². The predicted molar refractivity (Wildman–Crippen MR) is 119 cm³/mol. The van der Waals surface area contributed by atoms with Gasteiger partial charge < -0.3 is 10.2 Å². The predicted octanol–water partition coefficient (Wildman–Crippen LogP) is 5.97. The van der Waals surface area contributed by atoms with Crippen molar-refractivity contribution in [2.24, 2.45) is 0 Å². The van der Waals surface area contributed by atoms with Crippen LogP contribution in [-0.4, -0.2) is 34.9 Å². The van der Waals surface area contributed by atoms with E-state index in [0.717, 1.165) is 18.4 Å². The SMILES string of the molecule is CCCCCCCCCCCCCF.O=C(O)CC(NCc1ccccc1)C(=O)O. The molecule has 1 aromatic rings. The minimum atomic E-state index is -1.15. The Morgan fingerprint density at radius 2 is 1.37 bits per heavy atom. The van der Waals surface area contributed by atoms with Crippen molar-refractivity contribution < 1.29 is 24.2 Å². The quantitative estimate of drug-likeness (QED) is 0.268. The first-order valence-electron chi connectivity index (χ1n) is 11.3. The number of benzene rings is 1. The van der Waals surface area contributed by atoms with Gasteiger partial charge in [0.2, 0.25) is 0 Å². The van der Waals surface area contributed by atoms with Crippen molar-refractivity contribution in [3.63, 3.8) is 0 Å². The summed E-state index contributed by atoms with van der Waals surface area (Å²) in [4.78, 5) is 21.2. The topological polar surface area (TPSA) is 86.6 Å². The van der Waals surface area contributed by atoms with E-state index in [4.69, 9.17) is 10.2 Å². The highest BCUT2D eigenvalue weighted by Gasteiger charge is 2.19. The second-order valence-electron chi connectivity index (χ2n) is 7.58. The lowest BCUT2D eigenvalue weighted by molar-refractivity contribution is -0.146. The molecule has 0 bridgehead atoms. The van der Waals surface area contributed by atoms with Crippen molar-refractivity contribution in [2.45, 2.75) is 96.6 Å². The number of carboxylic acid groups (broad SMARTS) is 2. The molecule has 0 radical (unpaired) electrons. The van der Waals surface area contributed by atoms with Crippen molar-refractivity contribution in [3.8, 4) is 0 Å². The van der Waals surface area contributed by atoms with Gasteiger partial charge in [-0.25, -0.2) is 0 Å². The molecule has 0 aliphatic heterocycles. The lowest BCUT2D eigenvalue weighted by Gasteiger charge is -2.11. The summed E-state index contributed by atoms with van der Waals surface area (Å²) in [5.74, 6) is -2.29. The van der Waals surface area contributed by atoms with Crippen LogP contribution in [0.4, 0.5) is 4.39 Å². The maximum absolute atomic E-state index is 11.7. The number of carboxylic acids is 2. The Balaban J connectivity index is 0.000000567. The summed E-state index contributed by atoms with van der Waals surface area (Å²) in [6, 6.07) is 8.15. The lowest BCUT2D eigenvalue weighted by atomic mass is 10.1. The van der Waals surface area contributed by atoms with E-state index in [0.29, 0.717) is 6.54 Å². The van der Waals surface area contributed by atoms with Crippen molar-refractivity contribution in [1.82, 2.24) is 5.32 Å². The second kappa shape index (κ2) is 20.3. The van der Waals surface area contributed by atoms with Gasteiger partial charge in [0.05, 0.1) is 13.1 Å². The molecular formula is C24H40FNO4. The van der Waals surface area contributed by atoms with Crippen LogP contribution < -0.4 is 5.32 Å². The Morgan fingerprint density at radius 3 is 1.80 bits per heavy atom. The third-order valence-electron chi connectivity index (χ3n) is 4.81. The Bertz CT molecular complexity index is 527. The Hall–Kier alpha value is -1.95. The van der Waals surface area contributed by atoms with Gasteiger partial charge in [-0.05, 0) is 12.0 Å². The third kappa shape index (κ3) is 18.1. The van der Waals surface area contributed by atoms with E-state index in [-0.39, 0.29) is 6.67 Å². The van der Waals surface area contributed by atoms with Crippen molar-refractivity contribution in [3.05, 3.63) is 35.9 Å². The van der Waals surface area contributed by atoms with Crippen molar-refractivity contribution in [2.75, 3.05) is 6.67 Å². The van der Waals surface area contributed by atoms with Crippen LogP contribution in [0.3, 0.4) is 0 Å². The normalized spacial score (nSPS) is 11.4. The summed E-state index contributed by atoms with van der Waals surface area (Å²) >= 11 is 0. The summed E-state index contributed by atoms with van der Waals surface area (Å²) in [6.45, 7) is 2.47. The standard InChI is InChI=1S/C13H27F.C11H13NO4/c1-2-3-4-5-6-7-8-9-10-11-12-13-14;13-10(14)6-9(11(15)16)12-7-8-4-2-1-3-5-8/h2-13H2,1H3;1-5,9,12H,6-7H2,(H,13,14)(H,15,16). The molecule has 3 N–H and O–H groups in total. The summed E-state index contributed by atoms with van der Waals surface area (Å²) in [6.07, 6.45) is 13.7. The molecule has 0 aliphatic rings. The minimum Gasteiger partial charge on any atom is -0.481 e. The molecule has 0 heterocycles. The van der Waals surface area contributed by atoms with Gasteiger partial charge in [0.15, 0.2) is 0 Å². The van der Waals surface area contributed by atoms with Crippen LogP contribution in [0, 0.1) is 0 Å². The highest BCUT2D eigenvalue weighted by molar-refractivity contribution is 5.80. The van der Waals surface area contributed by atoms with E-state index in [9.17, 15) is 14.0 Å². The molecule has 1 rings (SSSR count). The van der Waals surface area contributed by atoms with E-state index in [1.54, 1.807) is 0 Å². The molecule has 0 saturated heterocycles. The van der Waals surface area contributed by atoms with Crippen LogP contribution in [-0.2, 0) is 16.1 Å². The number of nitrogens with one attached hydrogen (secondary N) is 1. The smallest absolute Gasteiger partial charge is 0.321 e. The van der Waals surface area contributed by atoms with Crippen LogP contribution in [0.25, 0.3) is 0 Å². The van der Waals surface area contributed by atoms with Gasteiger partial charge in [-0.3, -0.25) is 19.3 Å². The van der Waals surface area contributed by atoms with Gasteiger partial charge in [0, 0.05) is 6.54 Å². The number of alkyl halides is 1. The first kappa shape index (κ1) is 28.1. The summed E-state index contributed by atoms with van der Waals surface area (Å²) in [7, 11) is 0. The van der Waals surface area contributed by atoms with E-state index >= 15 is 0 Å². The highest BCUT2D eigenvalue weighted by atomic mass is 19.1. The van der Waals surface area contributed by atoms with Crippen LogP contribution in [0.1, 0.15) is 89.5 Å². The maximum atomic E-state index is 11.7. The molecule has 1 unspecified atom stereocenters. The molecule has 0 aromatic heterocycles. The van der Waals surface area contributed by atoms with Crippen LogP contribution in [0.5, 0.6) is 0 Å². The van der Waals surface area contributed by atoms with E-state index in [1.165, 1.54) is 57.8 Å². The number of unbranched alkanes of at least 4 members (excludes halogenated alkanes) is 10. The first-order chi connectivity index (χ1) is 14.5. The molecule has 0 amide bonds. The Morgan fingerprint density at radius 1 is 0.867 bits per heavy atom. The number of carbonyl (C=O) groups is 2. The number of aliphatic carboxylic acids is 2. The fourth-order valence-electron chi connectivity index (χ4n) is 3.02. The molecule has 6 heteroatoms. The lowest BCUT2D eigenvalue weighted by Crippen LogP contribution is -2.38. The van der Waals surface area contributed by atoms with E-state index in [1.807, 2.05) is 30.3 Å². The summed E-state index contributed by atoms with van der Waals surface area (Å²) in [5, 5.41) is 20.0. The van der Waals surface area contributed by atoms with Gasteiger partial charge in [-0.1, -0.05) is 101 Å². The van der Waals surface area contributed by atoms with Crippen LogP contribution in [0.15, 0.2) is 30.3 Å². The van der Waals surface area contributed by atoms with Gasteiger partial charge >= 0.3 is 11.9 Å².